The van der Waals surface area contributed by atoms with Crippen molar-refractivity contribution in [1.29, 1.82) is 0 Å². The number of anilines is 1. The SMILES string of the molecule is C[C@@H](NC(=O)c1nc(-c2cscn2)cnc1N)c1cc2cccc(C#Cc3cccnc3)c2c(=O)n1-c1ccccc1. The fraction of sp³-hybridized carbons (Fsp3) is 0.0625. The van der Waals surface area contributed by atoms with Crippen LogP contribution in [-0.2, 0) is 0 Å². The van der Waals surface area contributed by atoms with Crippen molar-refractivity contribution >= 4 is 33.8 Å². The summed E-state index contributed by atoms with van der Waals surface area (Å²) in [6.45, 7) is 1.80. The normalized spacial score (nSPS) is 11.5. The van der Waals surface area contributed by atoms with E-state index >= 15 is 0 Å². The molecule has 0 saturated heterocycles. The Kier molecular flexibility index (Phi) is 7.24. The van der Waals surface area contributed by atoms with Crippen molar-refractivity contribution in [1.82, 2.24) is 29.8 Å². The molecule has 9 nitrogen and oxygen atoms in total. The van der Waals surface area contributed by atoms with Gasteiger partial charge in [0.1, 0.15) is 11.4 Å². The lowest BCUT2D eigenvalue weighted by molar-refractivity contribution is 0.0934. The minimum atomic E-state index is -0.607. The van der Waals surface area contributed by atoms with Crippen molar-refractivity contribution in [2.75, 3.05) is 5.73 Å². The second kappa shape index (κ2) is 11.4. The van der Waals surface area contributed by atoms with Gasteiger partial charge in [-0.2, -0.15) is 0 Å². The van der Waals surface area contributed by atoms with Crippen LogP contribution in [0.2, 0.25) is 0 Å². The van der Waals surface area contributed by atoms with Gasteiger partial charge < -0.3 is 11.1 Å². The number of nitrogen functional groups attached to an aromatic ring is 1. The molecule has 0 fully saturated rings. The van der Waals surface area contributed by atoms with E-state index in [0.29, 0.717) is 39.1 Å². The molecule has 6 rings (SSSR count). The second-order valence-corrected chi connectivity index (χ2v) is 10.1. The van der Waals surface area contributed by atoms with E-state index in [2.05, 4.69) is 37.1 Å². The molecule has 4 heterocycles. The molecule has 0 aliphatic rings. The average molecular weight is 570 g/mol. The number of nitrogens with one attached hydrogen (secondary N) is 1. The molecule has 0 aliphatic heterocycles. The van der Waals surface area contributed by atoms with Gasteiger partial charge in [-0.25, -0.2) is 15.0 Å². The molecule has 0 unspecified atom stereocenters. The van der Waals surface area contributed by atoms with Gasteiger partial charge in [0.2, 0.25) is 0 Å². The number of benzene rings is 2. The molecular formula is C32H23N7O2S. The standard InChI is InChI=1S/C32H23N7O2S/c1-20(37-31(40)29-30(33)35-17-25(38-29)26-18-42-19-36-26)27-15-23-9-5-8-22(13-12-21-7-6-14-34-16-21)28(23)32(41)39(27)24-10-3-2-4-11-24/h2-11,14-20H,1H3,(H2,33,35)(H,37,40)/t20-/m1/s1. The average Bonchev–Trinajstić information content (AvgIpc) is 3.56. The molecule has 2 aromatic carbocycles. The van der Waals surface area contributed by atoms with Gasteiger partial charge in [0.25, 0.3) is 11.5 Å². The van der Waals surface area contributed by atoms with Crippen LogP contribution in [0.25, 0.3) is 27.8 Å². The maximum atomic E-state index is 14.2. The number of hydrogen-bond donors (Lipinski definition) is 2. The Morgan fingerprint density at radius 3 is 2.62 bits per heavy atom. The monoisotopic (exact) mass is 569 g/mol. The van der Waals surface area contributed by atoms with Gasteiger partial charge in [0.15, 0.2) is 11.5 Å². The van der Waals surface area contributed by atoms with Crippen molar-refractivity contribution in [3.63, 3.8) is 0 Å². The Morgan fingerprint density at radius 2 is 1.86 bits per heavy atom. The quantitative estimate of drug-likeness (QED) is 0.286. The zero-order chi connectivity index (χ0) is 29.1. The van der Waals surface area contributed by atoms with Gasteiger partial charge in [0, 0.05) is 40.3 Å². The van der Waals surface area contributed by atoms with Crippen LogP contribution in [0.1, 0.15) is 40.3 Å². The number of thiazole rings is 1. The summed E-state index contributed by atoms with van der Waals surface area (Å²) in [5.74, 6) is 5.71. The van der Waals surface area contributed by atoms with Gasteiger partial charge in [-0.3, -0.25) is 19.1 Å². The van der Waals surface area contributed by atoms with E-state index < -0.39 is 11.9 Å². The van der Waals surface area contributed by atoms with Gasteiger partial charge in [-0.1, -0.05) is 42.2 Å². The fourth-order valence-electron chi connectivity index (χ4n) is 4.59. The van der Waals surface area contributed by atoms with Crippen molar-refractivity contribution < 1.29 is 4.79 Å². The van der Waals surface area contributed by atoms with E-state index in [0.717, 1.165) is 5.56 Å². The first-order valence-corrected chi connectivity index (χ1v) is 13.9. The highest BCUT2D eigenvalue weighted by atomic mass is 32.1. The summed E-state index contributed by atoms with van der Waals surface area (Å²) >= 11 is 1.41. The Balaban J connectivity index is 1.44. The number of pyridine rings is 2. The number of hydrogen-bond acceptors (Lipinski definition) is 8. The van der Waals surface area contributed by atoms with E-state index in [1.54, 1.807) is 29.4 Å². The lowest BCUT2D eigenvalue weighted by Crippen LogP contribution is -2.33. The molecule has 6 aromatic rings. The number of rotatable bonds is 5. The number of nitrogens with two attached hydrogens (primary N) is 1. The summed E-state index contributed by atoms with van der Waals surface area (Å²) in [5, 5.41) is 5.95. The maximum absolute atomic E-state index is 14.2. The molecule has 0 aliphatic carbocycles. The number of fused-ring (bicyclic) bond motifs is 1. The third kappa shape index (κ3) is 5.24. The maximum Gasteiger partial charge on any atom is 0.274 e. The molecule has 0 radical (unpaired) electrons. The predicted octanol–water partition coefficient (Wildman–Crippen LogP) is 4.77. The number of nitrogens with zero attached hydrogens (tertiary/aromatic N) is 5. The highest BCUT2D eigenvalue weighted by molar-refractivity contribution is 7.07. The van der Waals surface area contributed by atoms with Crippen molar-refractivity contribution in [3.8, 4) is 28.9 Å². The third-order valence-corrected chi connectivity index (χ3v) is 7.18. The Labute approximate surface area is 244 Å². The summed E-state index contributed by atoms with van der Waals surface area (Å²) in [6, 6.07) is 19.8. The molecule has 4 aromatic heterocycles. The molecule has 42 heavy (non-hydrogen) atoms. The second-order valence-electron chi connectivity index (χ2n) is 9.36. The van der Waals surface area contributed by atoms with E-state index in [-0.39, 0.29) is 17.1 Å². The topological polar surface area (TPSA) is 129 Å². The first-order chi connectivity index (χ1) is 20.5. The Hall–Kier alpha value is -5.66. The first-order valence-electron chi connectivity index (χ1n) is 13.0. The molecular weight excluding hydrogens is 546 g/mol. The summed E-state index contributed by atoms with van der Waals surface area (Å²) in [7, 11) is 0. The van der Waals surface area contributed by atoms with Crippen LogP contribution in [0.3, 0.4) is 0 Å². The van der Waals surface area contributed by atoms with Crippen LogP contribution >= 0.6 is 11.3 Å². The lowest BCUT2D eigenvalue weighted by atomic mass is 10.0. The molecule has 0 bridgehead atoms. The lowest BCUT2D eigenvalue weighted by Gasteiger charge is -2.21. The van der Waals surface area contributed by atoms with E-state index in [1.807, 2.05) is 72.1 Å². The summed E-state index contributed by atoms with van der Waals surface area (Å²) in [5.41, 5.74) is 11.0. The zero-order valence-electron chi connectivity index (χ0n) is 22.4. The molecule has 0 spiro atoms. The van der Waals surface area contributed by atoms with Gasteiger partial charge in [-0.15, -0.1) is 11.3 Å². The Bertz CT molecular complexity index is 2030. The summed E-state index contributed by atoms with van der Waals surface area (Å²) in [4.78, 5) is 44.5. The number of carbonyl (C=O) groups excluding carboxylic acids is 1. The van der Waals surface area contributed by atoms with Crippen molar-refractivity contribution in [3.05, 3.63) is 129 Å². The fourth-order valence-corrected chi connectivity index (χ4v) is 5.14. The third-order valence-electron chi connectivity index (χ3n) is 6.59. The minimum absolute atomic E-state index is 0.00512. The largest absolute Gasteiger partial charge is 0.382 e. The minimum Gasteiger partial charge on any atom is -0.382 e. The highest BCUT2D eigenvalue weighted by Gasteiger charge is 2.22. The number of carbonyl (C=O) groups is 1. The van der Waals surface area contributed by atoms with E-state index in [4.69, 9.17) is 5.73 Å². The van der Waals surface area contributed by atoms with Crippen LogP contribution in [-0.4, -0.2) is 30.4 Å². The highest BCUT2D eigenvalue weighted by Crippen LogP contribution is 2.24. The van der Waals surface area contributed by atoms with E-state index in [1.165, 1.54) is 17.5 Å². The molecule has 3 N–H and O–H groups in total. The smallest absolute Gasteiger partial charge is 0.274 e. The first kappa shape index (κ1) is 26.6. The summed E-state index contributed by atoms with van der Waals surface area (Å²) in [6.07, 6.45) is 4.84. The molecule has 1 atom stereocenters. The molecule has 0 saturated carbocycles. The van der Waals surface area contributed by atoms with Crippen LogP contribution in [0.15, 0.2) is 101 Å². The van der Waals surface area contributed by atoms with Crippen molar-refractivity contribution in [2.45, 2.75) is 13.0 Å². The van der Waals surface area contributed by atoms with Crippen molar-refractivity contribution in [2.24, 2.45) is 0 Å². The molecule has 1 amide bonds. The van der Waals surface area contributed by atoms with Gasteiger partial charge in [-0.05, 0) is 48.7 Å². The summed E-state index contributed by atoms with van der Waals surface area (Å²) < 4.78 is 1.60. The van der Waals surface area contributed by atoms with Crippen LogP contribution in [0.5, 0.6) is 0 Å². The van der Waals surface area contributed by atoms with Gasteiger partial charge in [0.05, 0.1) is 23.1 Å². The molecule has 204 valence electrons. The van der Waals surface area contributed by atoms with Gasteiger partial charge >= 0.3 is 0 Å². The van der Waals surface area contributed by atoms with E-state index in [9.17, 15) is 9.59 Å². The zero-order valence-corrected chi connectivity index (χ0v) is 23.2. The van der Waals surface area contributed by atoms with Crippen LogP contribution < -0.4 is 16.6 Å². The van der Waals surface area contributed by atoms with Crippen LogP contribution in [0.4, 0.5) is 5.82 Å². The van der Waals surface area contributed by atoms with Crippen LogP contribution in [0, 0.1) is 11.8 Å². The number of para-hydroxylation sites is 1. The number of amides is 1. The number of aromatic nitrogens is 5. The predicted molar refractivity (Wildman–Crippen MR) is 163 cm³/mol. The Morgan fingerprint density at radius 1 is 1.00 bits per heavy atom. The molecule has 10 heteroatoms.